The number of allylic oxidation sites excluding steroid dienone is 4. The number of hydrogen-bond donors (Lipinski definition) is 0. The fourth-order valence-corrected chi connectivity index (χ4v) is 2.58. The molecule has 0 aliphatic carbocycles. The van der Waals surface area contributed by atoms with Gasteiger partial charge in [-0.25, -0.2) is 0 Å². The summed E-state index contributed by atoms with van der Waals surface area (Å²) in [4.78, 5) is 0. The van der Waals surface area contributed by atoms with Crippen LogP contribution in [0.25, 0.3) is 12.2 Å². The van der Waals surface area contributed by atoms with E-state index in [2.05, 4.69) is 106 Å². The van der Waals surface area contributed by atoms with Crippen molar-refractivity contribution in [1.82, 2.24) is 0 Å². The number of quaternary nitrogens is 1. The van der Waals surface area contributed by atoms with E-state index >= 15 is 0 Å². The Labute approximate surface area is 153 Å². The summed E-state index contributed by atoms with van der Waals surface area (Å²) in [6.07, 6.45) is 14.9. The Morgan fingerprint density at radius 3 is 1.80 bits per heavy atom. The smallest absolute Gasteiger partial charge is 0.0783 e. The SMILES string of the molecule is C[N+](C)(C)CCCc1ccc(/C=C/C=C/C=C/c2ccccc2)cc1. The molecule has 0 bridgehead atoms. The average molecular weight is 333 g/mol. The lowest BCUT2D eigenvalue weighted by molar-refractivity contribution is -0.870. The Balaban J connectivity index is 1.77. The maximum atomic E-state index is 2.25. The second-order valence-corrected chi connectivity index (χ2v) is 7.37. The lowest BCUT2D eigenvalue weighted by Gasteiger charge is -2.23. The van der Waals surface area contributed by atoms with Crippen molar-refractivity contribution in [2.45, 2.75) is 12.8 Å². The fourth-order valence-electron chi connectivity index (χ4n) is 2.58. The first-order valence-electron chi connectivity index (χ1n) is 8.99. The van der Waals surface area contributed by atoms with Crippen LogP contribution in [0.2, 0.25) is 0 Å². The quantitative estimate of drug-likeness (QED) is 0.435. The highest BCUT2D eigenvalue weighted by Gasteiger charge is 2.05. The van der Waals surface area contributed by atoms with Gasteiger partial charge in [0.25, 0.3) is 0 Å². The topological polar surface area (TPSA) is 0 Å². The lowest BCUT2D eigenvalue weighted by atomic mass is 10.1. The Morgan fingerprint density at radius 2 is 1.24 bits per heavy atom. The van der Waals surface area contributed by atoms with Gasteiger partial charge in [0, 0.05) is 6.42 Å². The van der Waals surface area contributed by atoms with Gasteiger partial charge in [0.2, 0.25) is 0 Å². The van der Waals surface area contributed by atoms with Crippen molar-refractivity contribution in [2.75, 3.05) is 27.7 Å². The molecule has 0 saturated carbocycles. The highest BCUT2D eigenvalue weighted by Crippen LogP contribution is 2.09. The molecule has 0 amide bonds. The van der Waals surface area contributed by atoms with Crippen LogP contribution in [0.3, 0.4) is 0 Å². The Bertz CT molecular complexity index is 698. The predicted molar refractivity (Wildman–Crippen MR) is 111 cm³/mol. The maximum absolute atomic E-state index is 2.25. The average Bonchev–Trinajstić information content (AvgIpc) is 2.59. The highest BCUT2D eigenvalue weighted by atomic mass is 15.3. The monoisotopic (exact) mass is 332 g/mol. The summed E-state index contributed by atoms with van der Waals surface area (Å²) >= 11 is 0. The number of benzene rings is 2. The van der Waals surface area contributed by atoms with Crippen LogP contribution < -0.4 is 0 Å². The second kappa shape index (κ2) is 9.80. The molecule has 0 aliphatic heterocycles. The molecule has 0 N–H and O–H groups in total. The van der Waals surface area contributed by atoms with Gasteiger partial charge in [-0.2, -0.15) is 0 Å². The molecule has 0 saturated heterocycles. The number of hydrogen-bond acceptors (Lipinski definition) is 0. The molecule has 0 spiro atoms. The number of rotatable bonds is 8. The number of aryl methyl sites for hydroxylation is 1. The van der Waals surface area contributed by atoms with E-state index in [0.29, 0.717) is 0 Å². The molecule has 0 aliphatic rings. The van der Waals surface area contributed by atoms with E-state index in [9.17, 15) is 0 Å². The molecule has 1 nitrogen and oxygen atoms in total. The van der Waals surface area contributed by atoms with E-state index in [4.69, 9.17) is 0 Å². The zero-order valence-corrected chi connectivity index (χ0v) is 15.7. The van der Waals surface area contributed by atoms with Gasteiger partial charge in [-0.3, -0.25) is 0 Å². The predicted octanol–water partition coefficient (Wildman–Crippen LogP) is 5.61. The summed E-state index contributed by atoms with van der Waals surface area (Å²) in [7, 11) is 6.74. The first-order chi connectivity index (χ1) is 12.0. The van der Waals surface area contributed by atoms with Gasteiger partial charge < -0.3 is 4.48 Å². The normalized spacial score (nSPS) is 12.6. The molecule has 2 aromatic carbocycles. The molecule has 0 atom stereocenters. The van der Waals surface area contributed by atoms with E-state index in [-0.39, 0.29) is 0 Å². The third kappa shape index (κ3) is 8.32. The van der Waals surface area contributed by atoms with Crippen molar-refractivity contribution in [1.29, 1.82) is 0 Å². The van der Waals surface area contributed by atoms with Crippen LogP contribution in [0.4, 0.5) is 0 Å². The van der Waals surface area contributed by atoms with E-state index < -0.39 is 0 Å². The standard InChI is InChI=1S/C24H30N/c1-25(2,3)21-11-16-24-19-17-23(18-20-24)15-8-5-4-7-12-22-13-9-6-10-14-22/h4-10,12-15,17-20H,11,16,21H2,1-3H3/q+1/b5-4+,12-7+,15-8+. The van der Waals surface area contributed by atoms with E-state index in [1.165, 1.54) is 29.7 Å². The van der Waals surface area contributed by atoms with Crippen LogP contribution in [0.15, 0.2) is 78.9 Å². The summed E-state index contributed by atoms with van der Waals surface area (Å²) in [5, 5.41) is 0. The van der Waals surface area contributed by atoms with E-state index in [0.717, 1.165) is 10.9 Å². The van der Waals surface area contributed by atoms with Gasteiger partial charge in [-0.15, -0.1) is 0 Å². The zero-order chi connectivity index (χ0) is 18.0. The second-order valence-electron chi connectivity index (χ2n) is 7.37. The van der Waals surface area contributed by atoms with Crippen LogP contribution in [-0.4, -0.2) is 32.2 Å². The van der Waals surface area contributed by atoms with Crippen LogP contribution >= 0.6 is 0 Å². The third-order valence-corrected chi connectivity index (χ3v) is 3.98. The summed E-state index contributed by atoms with van der Waals surface area (Å²) in [6.45, 7) is 1.21. The first kappa shape index (κ1) is 19.0. The van der Waals surface area contributed by atoms with Gasteiger partial charge >= 0.3 is 0 Å². The van der Waals surface area contributed by atoms with E-state index in [1.807, 2.05) is 6.07 Å². The third-order valence-electron chi connectivity index (χ3n) is 3.98. The van der Waals surface area contributed by atoms with Crippen molar-refractivity contribution in [3.8, 4) is 0 Å². The lowest BCUT2D eigenvalue weighted by Crippen LogP contribution is -2.35. The minimum absolute atomic E-state index is 1.03. The minimum Gasteiger partial charge on any atom is -0.331 e. The molecule has 0 radical (unpaired) electrons. The van der Waals surface area contributed by atoms with Crippen molar-refractivity contribution >= 4 is 12.2 Å². The minimum atomic E-state index is 1.03. The summed E-state index contributed by atoms with van der Waals surface area (Å²) < 4.78 is 1.03. The van der Waals surface area contributed by atoms with Gasteiger partial charge in [0.1, 0.15) is 0 Å². The van der Waals surface area contributed by atoms with Crippen LogP contribution in [0.5, 0.6) is 0 Å². The molecule has 1 heteroatoms. The van der Waals surface area contributed by atoms with Crippen molar-refractivity contribution < 1.29 is 4.48 Å². The Hall–Kier alpha value is -2.38. The molecule has 2 rings (SSSR count). The van der Waals surface area contributed by atoms with Gasteiger partial charge in [-0.1, -0.05) is 91.1 Å². The molecule has 2 aromatic rings. The van der Waals surface area contributed by atoms with Crippen LogP contribution in [0, 0.1) is 0 Å². The largest absolute Gasteiger partial charge is 0.331 e. The van der Waals surface area contributed by atoms with Crippen molar-refractivity contribution in [3.05, 3.63) is 95.6 Å². The van der Waals surface area contributed by atoms with E-state index in [1.54, 1.807) is 0 Å². The Morgan fingerprint density at radius 1 is 0.680 bits per heavy atom. The molecule has 25 heavy (non-hydrogen) atoms. The Kier molecular flexibility index (Phi) is 7.43. The molecular formula is C24H30N+. The molecule has 0 unspecified atom stereocenters. The molecular weight excluding hydrogens is 302 g/mol. The fraction of sp³-hybridized carbons (Fsp3) is 0.250. The van der Waals surface area contributed by atoms with Gasteiger partial charge in [0.15, 0.2) is 0 Å². The molecule has 130 valence electrons. The molecule has 0 fully saturated rings. The highest BCUT2D eigenvalue weighted by molar-refractivity contribution is 5.53. The summed E-state index contributed by atoms with van der Waals surface area (Å²) in [5.74, 6) is 0. The zero-order valence-electron chi connectivity index (χ0n) is 15.7. The molecule has 0 heterocycles. The van der Waals surface area contributed by atoms with Gasteiger partial charge in [0.05, 0.1) is 27.7 Å². The van der Waals surface area contributed by atoms with Crippen molar-refractivity contribution in [2.24, 2.45) is 0 Å². The summed E-state index contributed by atoms with van der Waals surface area (Å²) in [6, 6.07) is 19.2. The number of nitrogens with zero attached hydrogens (tertiary/aromatic N) is 1. The molecule has 0 aromatic heterocycles. The maximum Gasteiger partial charge on any atom is 0.0783 e. The summed E-state index contributed by atoms with van der Waals surface area (Å²) in [5.41, 5.74) is 3.89. The van der Waals surface area contributed by atoms with Crippen molar-refractivity contribution in [3.63, 3.8) is 0 Å². The van der Waals surface area contributed by atoms with Crippen LogP contribution in [0.1, 0.15) is 23.1 Å². The van der Waals surface area contributed by atoms with Gasteiger partial charge in [-0.05, 0) is 23.1 Å². The van der Waals surface area contributed by atoms with Crippen LogP contribution in [-0.2, 0) is 6.42 Å². The first-order valence-corrected chi connectivity index (χ1v) is 8.99.